The first-order valence-corrected chi connectivity index (χ1v) is 8.23. The van der Waals surface area contributed by atoms with Crippen molar-refractivity contribution >= 4 is 17.2 Å². The van der Waals surface area contributed by atoms with E-state index in [9.17, 15) is 4.79 Å². The predicted molar refractivity (Wildman–Crippen MR) is 92.4 cm³/mol. The highest BCUT2D eigenvalue weighted by Gasteiger charge is 2.09. The summed E-state index contributed by atoms with van der Waals surface area (Å²) in [5.74, 6) is -0.180. The third-order valence-electron chi connectivity index (χ3n) is 3.42. The van der Waals surface area contributed by atoms with Gasteiger partial charge in [-0.15, -0.1) is 11.3 Å². The predicted octanol–water partition coefficient (Wildman–Crippen LogP) is 3.75. The minimum Gasteiger partial charge on any atom is -0.344 e. The Morgan fingerprint density at radius 2 is 1.87 bits per heavy atom. The van der Waals surface area contributed by atoms with Gasteiger partial charge in [0.15, 0.2) is 0 Å². The van der Waals surface area contributed by atoms with Crippen LogP contribution in [0.15, 0.2) is 47.8 Å². The van der Waals surface area contributed by atoms with Crippen LogP contribution in [0.3, 0.4) is 0 Å². The van der Waals surface area contributed by atoms with Crippen LogP contribution in [-0.2, 0) is 6.54 Å². The van der Waals surface area contributed by atoms with Gasteiger partial charge in [-0.1, -0.05) is 35.9 Å². The fraction of sp³-hybridized carbons (Fsp3) is 0.167. The lowest BCUT2D eigenvalue weighted by Crippen LogP contribution is -2.23. The second kappa shape index (κ2) is 6.71. The van der Waals surface area contributed by atoms with Crippen LogP contribution in [0.2, 0.25) is 0 Å². The minimum atomic E-state index is -0.180. The molecule has 0 aliphatic carbocycles. The van der Waals surface area contributed by atoms with Gasteiger partial charge in [0.1, 0.15) is 10.7 Å². The summed E-state index contributed by atoms with van der Waals surface area (Å²) in [6, 6.07) is 13.7. The lowest BCUT2D eigenvalue weighted by atomic mass is 10.1. The molecule has 3 rings (SSSR count). The van der Waals surface area contributed by atoms with E-state index in [0.29, 0.717) is 12.2 Å². The largest absolute Gasteiger partial charge is 0.344 e. The second-order valence-corrected chi connectivity index (χ2v) is 6.28. The average molecular weight is 323 g/mol. The smallest absolute Gasteiger partial charge is 0.270 e. The van der Waals surface area contributed by atoms with Gasteiger partial charge < -0.3 is 5.32 Å². The van der Waals surface area contributed by atoms with E-state index in [1.807, 2.05) is 24.4 Å². The van der Waals surface area contributed by atoms with Crippen LogP contribution in [0, 0.1) is 13.8 Å². The third kappa shape index (κ3) is 3.81. The van der Waals surface area contributed by atoms with Crippen LogP contribution in [-0.4, -0.2) is 15.9 Å². The van der Waals surface area contributed by atoms with Crippen LogP contribution in [0.1, 0.15) is 26.8 Å². The monoisotopic (exact) mass is 323 g/mol. The van der Waals surface area contributed by atoms with Crippen molar-refractivity contribution in [1.29, 1.82) is 0 Å². The van der Waals surface area contributed by atoms with E-state index >= 15 is 0 Å². The van der Waals surface area contributed by atoms with Gasteiger partial charge in [0.05, 0.1) is 12.2 Å². The number of aryl methyl sites for hydroxylation is 2. The molecule has 0 fully saturated rings. The van der Waals surface area contributed by atoms with E-state index in [1.165, 1.54) is 5.56 Å². The topological polar surface area (TPSA) is 54.9 Å². The van der Waals surface area contributed by atoms with E-state index in [-0.39, 0.29) is 5.91 Å². The zero-order valence-corrected chi connectivity index (χ0v) is 13.9. The highest BCUT2D eigenvalue weighted by atomic mass is 32.1. The number of benzene rings is 1. The molecule has 1 amide bonds. The number of hydrogen-bond acceptors (Lipinski definition) is 4. The number of hydrogen-bond donors (Lipinski definition) is 1. The molecule has 0 spiro atoms. The molecule has 4 nitrogen and oxygen atoms in total. The van der Waals surface area contributed by atoms with Gasteiger partial charge in [-0.25, -0.2) is 9.97 Å². The summed E-state index contributed by atoms with van der Waals surface area (Å²) in [5.41, 5.74) is 4.51. The van der Waals surface area contributed by atoms with Crippen LogP contribution in [0.5, 0.6) is 0 Å². The molecule has 116 valence electrons. The summed E-state index contributed by atoms with van der Waals surface area (Å²) in [6.45, 7) is 4.33. The maximum absolute atomic E-state index is 12.1. The molecule has 1 N–H and O–H groups in total. The Kier molecular flexibility index (Phi) is 4.48. The van der Waals surface area contributed by atoms with Crippen molar-refractivity contribution in [1.82, 2.24) is 15.3 Å². The van der Waals surface area contributed by atoms with Crippen LogP contribution >= 0.6 is 11.3 Å². The Hall–Kier alpha value is -2.53. The van der Waals surface area contributed by atoms with Crippen molar-refractivity contribution in [3.05, 3.63) is 69.8 Å². The Labute approximate surface area is 139 Å². The van der Waals surface area contributed by atoms with Gasteiger partial charge in [-0.2, -0.15) is 0 Å². The molecule has 1 aromatic carbocycles. The normalized spacial score (nSPS) is 10.5. The molecule has 0 saturated carbocycles. The summed E-state index contributed by atoms with van der Waals surface area (Å²) < 4.78 is 0. The molecule has 0 saturated heterocycles. The molecule has 2 heterocycles. The standard InChI is InChI=1S/C18H17N3OS/c1-12-6-8-14(9-7-12)16-11-23-17(21-16)10-19-18(22)15-5-3-4-13(2)20-15/h3-9,11H,10H2,1-2H3,(H,19,22). The SMILES string of the molecule is Cc1ccc(-c2csc(CNC(=O)c3cccc(C)n3)n2)cc1. The van der Waals surface area contributed by atoms with Crippen molar-refractivity contribution in [2.45, 2.75) is 20.4 Å². The van der Waals surface area contributed by atoms with Gasteiger partial charge in [0, 0.05) is 16.6 Å². The zero-order chi connectivity index (χ0) is 16.2. The Morgan fingerprint density at radius 3 is 2.61 bits per heavy atom. The quantitative estimate of drug-likeness (QED) is 0.795. The molecule has 5 heteroatoms. The molecule has 23 heavy (non-hydrogen) atoms. The van der Waals surface area contributed by atoms with E-state index in [4.69, 9.17) is 0 Å². The van der Waals surface area contributed by atoms with Crippen molar-refractivity contribution in [2.24, 2.45) is 0 Å². The molecular formula is C18H17N3OS. The summed E-state index contributed by atoms with van der Waals surface area (Å²) >= 11 is 1.54. The number of nitrogens with zero attached hydrogens (tertiary/aromatic N) is 2. The maximum Gasteiger partial charge on any atom is 0.270 e. The van der Waals surface area contributed by atoms with E-state index in [1.54, 1.807) is 17.4 Å². The lowest BCUT2D eigenvalue weighted by molar-refractivity contribution is 0.0945. The molecule has 0 unspecified atom stereocenters. The van der Waals surface area contributed by atoms with Gasteiger partial charge >= 0.3 is 0 Å². The fourth-order valence-electron chi connectivity index (χ4n) is 2.16. The zero-order valence-electron chi connectivity index (χ0n) is 13.0. The first-order valence-electron chi connectivity index (χ1n) is 7.35. The summed E-state index contributed by atoms with van der Waals surface area (Å²) in [4.78, 5) is 20.9. The number of nitrogens with one attached hydrogen (secondary N) is 1. The van der Waals surface area contributed by atoms with Gasteiger partial charge in [0.2, 0.25) is 0 Å². The molecule has 0 radical (unpaired) electrons. The van der Waals surface area contributed by atoms with Gasteiger partial charge in [-0.3, -0.25) is 4.79 Å². The average Bonchev–Trinajstić information content (AvgIpc) is 3.02. The van der Waals surface area contributed by atoms with Crippen molar-refractivity contribution in [3.8, 4) is 11.3 Å². The molecular weight excluding hydrogens is 306 g/mol. The second-order valence-electron chi connectivity index (χ2n) is 5.34. The molecule has 0 bridgehead atoms. The van der Waals surface area contributed by atoms with Crippen LogP contribution < -0.4 is 5.32 Å². The number of carbonyl (C=O) groups is 1. The van der Waals surface area contributed by atoms with Crippen molar-refractivity contribution < 1.29 is 4.79 Å². The summed E-state index contributed by atoms with van der Waals surface area (Å²) in [6.07, 6.45) is 0. The van der Waals surface area contributed by atoms with Crippen molar-refractivity contribution in [3.63, 3.8) is 0 Å². The van der Waals surface area contributed by atoms with Crippen LogP contribution in [0.4, 0.5) is 0 Å². The first kappa shape index (κ1) is 15.4. The number of rotatable bonds is 4. The number of carbonyl (C=O) groups excluding carboxylic acids is 1. The minimum absolute atomic E-state index is 0.180. The Morgan fingerprint density at radius 1 is 1.09 bits per heavy atom. The molecule has 3 aromatic rings. The van der Waals surface area contributed by atoms with Crippen LogP contribution in [0.25, 0.3) is 11.3 Å². The highest BCUT2D eigenvalue weighted by molar-refractivity contribution is 7.09. The third-order valence-corrected chi connectivity index (χ3v) is 4.27. The molecule has 0 atom stereocenters. The van der Waals surface area contributed by atoms with Gasteiger partial charge in [-0.05, 0) is 26.0 Å². The summed E-state index contributed by atoms with van der Waals surface area (Å²) in [7, 11) is 0. The van der Waals surface area contributed by atoms with Gasteiger partial charge in [0.25, 0.3) is 5.91 Å². The van der Waals surface area contributed by atoms with E-state index in [0.717, 1.165) is 22.0 Å². The highest BCUT2D eigenvalue weighted by Crippen LogP contribution is 2.22. The first-order chi connectivity index (χ1) is 11.1. The number of thiazole rings is 1. The molecule has 0 aliphatic heterocycles. The molecule has 0 aliphatic rings. The number of pyridine rings is 1. The summed E-state index contributed by atoms with van der Waals surface area (Å²) in [5, 5.41) is 5.75. The maximum atomic E-state index is 12.1. The number of aromatic nitrogens is 2. The van der Waals surface area contributed by atoms with E-state index < -0.39 is 0 Å². The Balaban J connectivity index is 1.65. The lowest BCUT2D eigenvalue weighted by Gasteiger charge is -2.03. The van der Waals surface area contributed by atoms with E-state index in [2.05, 4.69) is 46.5 Å². The Bertz CT molecular complexity index is 824. The van der Waals surface area contributed by atoms with Crippen molar-refractivity contribution in [2.75, 3.05) is 0 Å². The number of amides is 1. The fourth-order valence-corrected chi connectivity index (χ4v) is 2.91. The molecule has 2 aromatic heterocycles.